The summed E-state index contributed by atoms with van der Waals surface area (Å²) in [4.78, 5) is 26.5. The number of hydrogen-bond donors (Lipinski definition) is 2. The number of carboxylic acid groups (broad SMARTS) is 1. The summed E-state index contributed by atoms with van der Waals surface area (Å²) in [6.07, 6.45) is 0.726. The molecule has 2 saturated heterocycles. The number of carbonyl (C=O) groups excluding carboxylic acids is 1. The van der Waals surface area contributed by atoms with Gasteiger partial charge in [0.25, 0.3) is 0 Å². The van der Waals surface area contributed by atoms with Crippen LogP contribution in [0.25, 0.3) is 0 Å². The van der Waals surface area contributed by atoms with Crippen molar-refractivity contribution >= 4 is 11.9 Å². The minimum atomic E-state index is -0.902. The molecule has 2 unspecified atom stereocenters. The summed E-state index contributed by atoms with van der Waals surface area (Å²) in [6.45, 7) is 3.36. The molecule has 2 atom stereocenters. The molecule has 0 aliphatic carbocycles. The molecule has 0 bridgehead atoms. The number of ether oxygens (including phenoxy) is 1. The summed E-state index contributed by atoms with van der Waals surface area (Å²) in [5, 5.41) is 18.6. The molecule has 0 radical (unpaired) electrons. The number of amides is 1. The molecular formula is C13H22N2O5. The van der Waals surface area contributed by atoms with Crippen LogP contribution in [0.3, 0.4) is 0 Å². The zero-order chi connectivity index (χ0) is 14.5. The molecule has 1 amide bonds. The zero-order valence-electron chi connectivity index (χ0n) is 11.5. The lowest BCUT2D eigenvalue weighted by atomic mass is 10.2. The summed E-state index contributed by atoms with van der Waals surface area (Å²) in [6, 6.07) is -0.622. The SMILES string of the molecule is O=C(O)C1CC(O)CN1CCCC(=O)N1CCOCC1. The lowest BCUT2D eigenvalue weighted by molar-refractivity contribution is -0.142. The van der Waals surface area contributed by atoms with Crippen molar-refractivity contribution in [3.05, 3.63) is 0 Å². The Morgan fingerprint density at radius 1 is 1.25 bits per heavy atom. The molecule has 2 N–H and O–H groups in total. The highest BCUT2D eigenvalue weighted by molar-refractivity contribution is 5.76. The average Bonchev–Trinajstić information content (AvgIpc) is 2.81. The largest absolute Gasteiger partial charge is 0.480 e. The van der Waals surface area contributed by atoms with Crippen molar-refractivity contribution in [2.75, 3.05) is 39.4 Å². The van der Waals surface area contributed by atoms with Crippen LogP contribution in [0.4, 0.5) is 0 Å². The van der Waals surface area contributed by atoms with E-state index in [9.17, 15) is 14.7 Å². The van der Waals surface area contributed by atoms with Gasteiger partial charge in [-0.2, -0.15) is 0 Å². The molecule has 0 saturated carbocycles. The summed E-state index contributed by atoms with van der Waals surface area (Å²) in [7, 11) is 0. The second-order valence-electron chi connectivity index (χ2n) is 5.34. The van der Waals surface area contributed by atoms with Gasteiger partial charge in [0.2, 0.25) is 5.91 Å². The molecule has 0 aromatic carbocycles. The highest BCUT2D eigenvalue weighted by atomic mass is 16.5. The van der Waals surface area contributed by atoms with Gasteiger partial charge in [-0.25, -0.2) is 0 Å². The molecule has 20 heavy (non-hydrogen) atoms. The van der Waals surface area contributed by atoms with Crippen LogP contribution in [0.15, 0.2) is 0 Å². The number of aliphatic hydroxyl groups is 1. The molecule has 0 aromatic rings. The van der Waals surface area contributed by atoms with Gasteiger partial charge in [-0.3, -0.25) is 14.5 Å². The molecule has 7 nitrogen and oxygen atoms in total. The van der Waals surface area contributed by atoms with Gasteiger partial charge in [-0.05, 0) is 13.0 Å². The topological polar surface area (TPSA) is 90.3 Å². The maximum atomic E-state index is 11.9. The van der Waals surface area contributed by atoms with Crippen LogP contribution in [0.1, 0.15) is 19.3 Å². The van der Waals surface area contributed by atoms with Crippen molar-refractivity contribution in [2.24, 2.45) is 0 Å². The maximum absolute atomic E-state index is 11.9. The summed E-state index contributed by atoms with van der Waals surface area (Å²) >= 11 is 0. The van der Waals surface area contributed by atoms with Crippen molar-refractivity contribution in [3.63, 3.8) is 0 Å². The predicted molar refractivity (Wildman–Crippen MR) is 70.3 cm³/mol. The number of morpholine rings is 1. The first-order chi connectivity index (χ1) is 9.58. The number of carboxylic acids is 1. The van der Waals surface area contributed by atoms with Crippen molar-refractivity contribution < 1.29 is 24.5 Å². The van der Waals surface area contributed by atoms with E-state index < -0.39 is 18.1 Å². The Labute approximate surface area is 118 Å². The first-order valence-corrected chi connectivity index (χ1v) is 7.08. The monoisotopic (exact) mass is 286 g/mol. The summed E-state index contributed by atoms with van der Waals surface area (Å²) in [5.74, 6) is -0.805. The molecule has 2 aliphatic heterocycles. The van der Waals surface area contributed by atoms with Crippen molar-refractivity contribution in [3.8, 4) is 0 Å². The van der Waals surface area contributed by atoms with Gasteiger partial charge in [-0.1, -0.05) is 0 Å². The van der Waals surface area contributed by atoms with Gasteiger partial charge in [0.05, 0.1) is 19.3 Å². The third-order valence-corrected chi connectivity index (χ3v) is 3.87. The normalized spacial score (nSPS) is 27.8. The van der Waals surface area contributed by atoms with Crippen LogP contribution in [0, 0.1) is 0 Å². The molecular weight excluding hydrogens is 264 g/mol. The van der Waals surface area contributed by atoms with E-state index in [2.05, 4.69) is 0 Å². The molecule has 0 spiro atoms. The predicted octanol–water partition coefficient (Wildman–Crippen LogP) is -0.855. The van der Waals surface area contributed by atoms with E-state index in [0.29, 0.717) is 52.2 Å². The molecule has 0 aromatic heterocycles. The Morgan fingerprint density at radius 2 is 1.95 bits per heavy atom. The van der Waals surface area contributed by atoms with E-state index >= 15 is 0 Å². The van der Waals surface area contributed by atoms with E-state index in [1.54, 1.807) is 9.80 Å². The number of likely N-dealkylation sites (tertiary alicyclic amines) is 1. The fraction of sp³-hybridized carbons (Fsp3) is 0.846. The number of hydrogen-bond acceptors (Lipinski definition) is 5. The van der Waals surface area contributed by atoms with Crippen molar-refractivity contribution in [2.45, 2.75) is 31.4 Å². The Morgan fingerprint density at radius 3 is 2.60 bits per heavy atom. The van der Waals surface area contributed by atoms with Crippen molar-refractivity contribution in [1.29, 1.82) is 0 Å². The number of rotatable bonds is 5. The lowest BCUT2D eigenvalue weighted by Crippen LogP contribution is -2.41. The molecule has 7 heteroatoms. The Hall–Kier alpha value is -1.18. The zero-order valence-corrected chi connectivity index (χ0v) is 11.5. The van der Waals surface area contributed by atoms with Crippen LogP contribution in [-0.4, -0.2) is 83.4 Å². The van der Waals surface area contributed by atoms with E-state index in [-0.39, 0.29) is 12.3 Å². The third-order valence-electron chi connectivity index (χ3n) is 3.87. The number of carbonyl (C=O) groups is 2. The van der Waals surface area contributed by atoms with Crippen molar-refractivity contribution in [1.82, 2.24) is 9.80 Å². The van der Waals surface area contributed by atoms with Crippen LogP contribution >= 0.6 is 0 Å². The fourth-order valence-corrected chi connectivity index (χ4v) is 2.79. The lowest BCUT2D eigenvalue weighted by Gasteiger charge is -2.27. The molecule has 114 valence electrons. The maximum Gasteiger partial charge on any atom is 0.321 e. The van der Waals surface area contributed by atoms with Gasteiger partial charge < -0.3 is 19.8 Å². The van der Waals surface area contributed by atoms with Gasteiger partial charge in [0.15, 0.2) is 0 Å². The Kier molecular flexibility index (Phi) is 5.33. The minimum Gasteiger partial charge on any atom is -0.480 e. The highest BCUT2D eigenvalue weighted by Gasteiger charge is 2.35. The standard InChI is InChI=1S/C13H22N2O5/c16-10-8-11(13(18)19)15(9-10)3-1-2-12(17)14-4-6-20-7-5-14/h10-11,16H,1-9H2,(H,18,19). The Bertz CT molecular complexity index is 357. The summed E-state index contributed by atoms with van der Waals surface area (Å²) < 4.78 is 5.19. The van der Waals surface area contributed by atoms with Crippen LogP contribution in [0.5, 0.6) is 0 Å². The van der Waals surface area contributed by atoms with E-state index in [4.69, 9.17) is 9.84 Å². The molecule has 2 aliphatic rings. The molecule has 2 fully saturated rings. The average molecular weight is 286 g/mol. The second-order valence-corrected chi connectivity index (χ2v) is 5.34. The molecule has 2 rings (SSSR count). The molecule has 2 heterocycles. The van der Waals surface area contributed by atoms with E-state index in [1.165, 1.54) is 0 Å². The van der Waals surface area contributed by atoms with E-state index in [0.717, 1.165) is 0 Å². The number of nitrogens with zero attached hydrogens (tertiary/aromatic N) is 2. The number of aliphatic carboxylic acids is 1. The first-order valence-electron chi connectivity index (χ1n) is 7.08. The third kappa shape index (κ3) is 3.91. The van der Waals surface area contributed by atoms with Gasteiger partial charge in [0, 0.05) is 32.5 Å². The number of aliphatic hydroxyl groups excluding tert-OH is 1. The fourth-order valence-electron chi connectivity index (χ4n) is 2.79. The van der Waals surface area contributed by atoms with Gasteiger partial charge in [-0.15, -0.1) is 0 Å². The minimum absolute atomic E-state index is 0.0971. The number of β-amino-alcohol motifs (C(OH)–C–C–N with tert-alkyl or cyclic N) is 1. The van der Waals surface area contributed by atoms with Crippen LogP contribution in [0.2, 0.25) is 0 Å². The van der Waals surface area contributed by atoms with Gasteiger partial charge >= 0.3 is 5.97 Å². The van der Waals surface area contributed by atoms with Crippen LogP contribution < -0.4 is 0 Å². The van der Waals surface area contributed by atoms with E-state index in [1.807, 2.05) is 0 Å². The first kappa shape index (κ1) is 15.2. The summed E-state index contributed by atoms with van der Waals surface area (Å²) in [5.41, 5.74) is 0. The van der Waals surface area contributed by atoms with Crippen LogP contribution in [-0.2, 0) is 14.3 Å². The Balaban J connectivity index is 1.72. The quantitative estimate of drug-likeness (QED) is 0.684. The van der Waals surface area contributed by atoms with Gasteiger partial charge in [0.1, 0.15) is 6.04 Å². The highest BCUT2D eigenvalue weighted by Crippen LogP contribution is 2.18. The second kappa shape index (κ2) is 7.01. The smallest absolute Gasteiger partial charge is 0.321 e.